The third-order valence-electron chi connectivity index (χ3n) is 3.15. The molecule has 2 aromatic rings. The van der Waals surface area contributed by atoms with Crippen molar-refractivity contribution in [3.63, 3.8) is 0 Å². The maximum Gasteiger partial charge on any atom is 0.216 e. The van der Waals surface area contributed by atoms with Gasteiger partial charge >= 0.3 is 0 Å². The monoisotopic (exact) mass is 258 g/mol. The lowest BCUT2D eigenvalue weighted by Gasteiger charge is -2.09. The summed E-state index contributed by atoms with van der Waals surface area (Å²) in [5, 5.41) is 0. The van der Waals surface area contributed by atoms with E-state index in [1.54, 1.807) is 13.2 Å². The van der Waals surface area contributed by atoms with E-state index in [0.29, 0.717) is 23.2 Å². The number of nitrogens with one attached hydrogen (secondary N) is 1. The fourth-order valence-corrected chi connectivity index (χ4v) is 2.24. The van der Waals surface area contributed by atoms with Gasteiger partial charge in [0.2, 0.25) is 5.88 Å². The molecule has 19 heavy (non-hydrogen) atoms. The Hall–Kier alpha value is -2.28. The van der Waals surface area contributed by atoms with Crippen molar-refractivity contribution in [2.45, 2.75) is 19.3 Å². The van der Waals surface area contributed by atoms with Crippen molar-refractivity contribution in [1.82, 2.24) is 19.9 Å². The molecule has 1 aliphatic rings. The van der Waals surface area contributed by atoms with Gasteiger partial charge in [-0.15, -0.1) is 0 Å². The average Bonchev–Trinajstić information content (AvgIpc) is 2.94. The van der Waals surface area contributed by atoms with Crippen LogP contribution >= 0.6 is 0 Å². The van der Waals surface area contributed by atoms with Crippen molar-refractivity contribution < 1.29 is 4.74 Å². The summed E-state index contributed by atoms with van der Waals surface area (Å²) >= 11 is 0. The number of methoxy groups -OCH3 is 1. The molecule has 98 valence electrons. The van der Waals surface area contributed by atoms with Gasteiger partial charge in [0.1, 0.15) is 17.8 Å². The van der Waals surface area contributed by atoms with Gasteiger partial charge in [0, 0.05) is 17.3 Å². The first-order chi connectivity index (χ1) is 9.31. The van der Waals surface area contributed by atoms with Gasteiger partial charge in [-0.2, -0.15) is 0 Å². The molecule has 0 aromatic carbocycles. The van der Waals surface area contributed by atoms with E-state index in [2.05, 4.69) is 25.4 Å². The topological polar surface area (TPSA) is 98.8 Å². The summed E-state index contributed by atoms with van der Waals surface area (Å²) in [5.41, 5.74) is 5.40. The molecule has 0 atom stereocenters. The van der Waals surface area contributed by atoms with Crippen LogP contribution in [0.5, 0.6) is 5.88 Å². The highest BCUT2D eigenvalue weighted by Crippen LogP contribution is 2.28. The maximum atomic E-state index is 5.53. The molecule has 0 fully saturated rings. The van der Waals surface area contributed by atoms with Gasteiger partial charge in [-0.25, -0.2) is 25.8 Å². The molecular weight excluding hydrogens is 244 g/mol. The Morgan fingerprint density at radius 1 is 1.26 bits per heavy atom. The Morgan fingerprint density at radius 2 is 2.16 bits per heavy atom. The van der Waals surface area contributed by atoms with E-state index < -0.39 is 0 Å². The molecule has 0 saturated carbocycles. The molecule has 7 heteroatoms. The first-order valence-corrected chi connectivity index (χ1v) is 6.04. The number of nitrogens with zero attached hydrogens (tertiary/aromatic N) is 4. The molecule has 2 aromatic heterocycles. The van der Waals surface area contributed by atoms with Crippen molar-refractivity contribution in [3.8, 4) is 17.4 Å². The number of nitrogen functional groups attached to an aromatic ring is 1. The smallest absolute Gasteiger partial charge is 0.216 e. The Bertz CT molecular complexity index is 615. The highest BCUT2D eigenvalue weighted by atomic mass is 16.5. The highest BCUT2D eigenvalue weighted by Gasteiger charge is 2.20. The Morgan fingerprint density at radius 3 is 2.95 bits per heavy atom. The molecular formula is C12H14N6O. The Balaban J connectivity index is 2.10. The van der Waals surface area contributed by atoms with Crippen LogP contribution in [0.25, 0.3) is 11.5 Å². The lowest BCUT2D eigenvalue weighted by atomic mass is 10.2. The fraction of sp³-hybridized carbons (Fsp3) is 0.333. The molecule has 0 amide bonds. The second-order valence-corrected chi connectivity index (χ2v) is 4.26. The number of aromatic nitrogens is 4. The number of anilines is 1. The highest BCUT2D eigenvalue weighted by molar-refractivity contribution is 5.57. The van der Waals surface area contributed by atoms with E-state index in [-0.39, 0.29) is 0 Å². The standard InChI is InChI=1S/C12H14N6O/c1-19-10-5-9(14-6-15-10)12-16-8-4-2-3-7(8)11(17-12)18-13/h5-6H,2-4,13H2,1H3,(H,16,17,18). The summed E-state index contributed by atoms with van der Waals surface area (Å²) in [5.74, 6) is 7.22. The Kier molecular flexibility index (Phi) is 2.96. The second kappa shape index (κ2) is 4.77. The lowest BCUT2D eigenvalue weighted by Crippen LogP contribution is -2.13. The molecule has 1 aliphatic carbocycles. The summed E-state index contributed by atoms with van der Waals surface area (Å²) < 4.78 is 5.08. The zero-order chi connectivity index (χ0) is 13.2. The summed E-state index contributed by atoms with van der Waals surface area (Å²) in [6, 6.07) is 1.71. The van der Waals surface area contributed by atoms with Gasteiger partial charge in [0.05, 0.1) is 7.11 Å². The van der Waals surface area contributed by atoms with E-state index in [4.69, 9.17) is 10.6 Å². The largest absolute Gasteiger partial charge is 0.481 e. The number of hydrazine groups is 1. The van der Waals surface area contributed by atoms with Crippen LogP contribution in [0.4, 0.5) is 5.82 Å². The molecule has 0 bridgehead atoms. The average molecular weight is 258 g/mol. The summed E-state index contributed by atoms with van der Waals surface area (Å²) in [6.45, 7) is 0. The minimum Gasteiger partial charge on any atom is -0.481 e. The molecule has 0 saturated heterocycles. The number of fused-ring (bicyclic) bond motifs is 1. The maximum absolute atomic E-state index is 5.53. The summed E-state index contributed by atoms with van der Waals surface area (Å²) in [4.78, 5) is 17.1. The number of aryl methyl sites for hydroxylation is 1. The van der Waals surface area contributed by atoms with Gasteiger partial charge < -0.3 is 10.2 Å². The summed E-state index contributed by atoms with van der Waals surface area (Å²) in [6.07, 6.45) is 4.42. The zero-order valence-corrected chi connectivity index (χ0v) is 10.6. The van der Waals surface area contributed by atoms with Crippen LogP contribution in [-0.4, -0.2) is 27.0 Å². The first kappa shape index (κ1) is 11.8. The van der Waals surface area contributed by atoms with Gasteiger partial charge in [0.25, 0.3) is 0 Å². The molecule has 3 rings (SSSR count). The van der Waals surface area contributed by atoms with Crippen molar-refractivity contribution in [2.24, 2.45) is 5.84 Å². The van der Waals surface area contributed by atoms with Gasteiger partial charge in [0.15, 0.2) is 5.82 Å². The predicted molar refractivity (Wildman–Crippen MR) is 69.4 cm³/mol. The normalized spacial score (nSPS) is 13.2. The molecule has 0 spiro atoms. The number of hydrogen-bond acceptors (Lipinski definition) is 7. The van der Waals surface area contributed by atoms with Crippen LogP contribution in [0, 0.1) is 0 Å². The van der Waals surface area contributed by atoms with E-state index in [1.165, 1.54) is 6.33 Å². The van der Waals surface area contributed by atoms with Crippen molar-refractivity contribution in [1.29, 1.82) is 0 Å². The van der Waals surface area contributed by atoms with Crippen LogP contribution in [0.1, 0.15) is 17.7 Å². The van der Waals surface area contributed by atoms with Crippen LogP contribution in [0.2, 0.25) is 0 Å². The molecule has 2 heterocycles. The second-order valence-electron chi connectivity index (χ2n) is 4.26. The molecule has 0 aliphatic heterocycles. The summed E-state index contributed by atoms with van der Waals surface area (Å²) in [7, 11) is 1.56. The SMILES string of the molecule is COc1cc(-c2nc3c(c(NN)n2)CCC3)ncn1. The van der Waals surface area contributed by atoms with Gasteiger partial charge in [-0.05, 0) is 19.3 Å². The van der Waals surface area contributed by atoms with Crippen molar-refractivity contribution in [3.05, 3.63) is 23.7 Å². The van der Waals surface area contributed by atoms with Crippen molar-refractivity contribution >= 4 is 5.82 Å². The predicted octanol–water partition coefficient (Wildman–Crippen LogP) is 0.717. The number of hydrogen-bond donors (Lipinski definition) is 2. The molecule has 0 unspecified atom stereocenters. The van der Waals surface area contributed by atoms with Crippen LogP contribution < -0.4 is 16.0 Å². The third kappa shape index (κ3) is 2.08. The van der Waals surface area contributed by atoms with E-state index in [9.17, 15) is 0 Å². The molecule has 0 radical (unpaired) electrons. The fourth-order valence-electron chi connectivity index (χ4n) is 2.24. The van der Waals surface area contributed by atoms with Gasteiger partial charge in [-0.3, -0.25) is 0 Å². The quantitative estimate of drug-likeness (QED) is 0.618. The number of ether oxygens (including phenoxy) is 1. The first-order valence-electron chi connectivity index (χ1n) is 6.04. The number of nitrogens with two attached hydrogens (primary N) is 1. The van der Waals surface area contributed by atoms with Gasteiger partial charge in [-0.1, -0.05) is 0 Å². The molecule has 3 N–H and O–H groups in total. The van der Waals surface area contributed by atoms with Crippen molar-refractivity contribution in [2.75, 3.05) is 12.5 Å². The van der Waals surface area contributed by atoms with Crippen LogP contribution in [-0.2, 0) is 12.8 Å². The number of rotatable bonds is 3. The third-order valence-corrected chi connectivity index (χ3v) is 3.15. The van der Waals surface area contributed by atoms with Crippen LogP contribution in [0.3, 0.4) is 0 Å². The zero-order valence-electron chi connectivity index (χ0n) is 10.6. The van der Waals surface area contributed by atoms with E-state index in [0.717, 1.165) is 30.5 Å². The minimum atomic E-state index is 0.483. The molecule has 7 nitrogen and oxygen atoms in total. The lowest BCUT2D eigenvalue weighted by molar-refractivity contribution is 0.397. The Labute approximate surface area is 110 Å². The van der Waals surface area contributed by atoms with E-state index >= 15 is 0 Å². The minimum absolute atomic E-state index is 0.483. The van der Waals surface area contributed by atoms with E-state index in [1.807, 2.05) is 0 Å². The van der Waals surface area contributed by atoms with Crippen LogP contribution in [0.15, 0.2) is 12.4 Å².